The van der Waals surface area contributed by atoms with Crippen molar-refractivity contribution < 1.29 is 23.8 Å². The third-order valence-corrected chi connectivity index (χ3v) is 6.24. The Labute approximate surface area is 197 Å². The summed E-state index contributed by atoms with van der Waals surface area (Å²) in [5.41, 5.74) is 3.07. The van der Waals surface area contributed by atoms with Crippen LogP contribution in [0.1, 0.15) is 29.5 Å². The second-order valence-corrected chi connectivity index (χ2v) is 8.87. The highest BCUT2D eigenvalue weighted by Crippen LogP contribution is 2.35. The summed E-state index contributed by atoms with van der Waals surface area (Å²) in [4.78, 5) is 26.1. The fraction of sp³-hybridized carbons (Fsp3) is 0.292. The van der Waals surface area contributed by atoms with E-state index in [0.717, 1.165) is 11.1 Å². The van der Waals surface area contributed by atoms with Crippen LogP contribution in [-0.2, 0) is 20.9 Å². The van der Waals surface area contributed by atoms with Gasteiger partial charge in [0.15, 0.2) is 11.5 Å². The number of hydrogen-bond acceptors (Lipinski definition) is 7. The molecule has 0 unspecified atom stereocenters. The van der Waals surface area contributed by atoms with E-state index in [0.29, 0.717) is 40.3 Å². The average molecular weight is 472 g/mol. The lowest BCUT2D eigenvalue weighted by atomic mass is 10.1. The van der Waals surface area contributed by atoms with E-state index in [-0.39, 0.29) is 18.3 Å². The summed E-state index contributed by atoms with van der Waals surface area (Å²) in [5.74, 6) is 0.742. The van der Waals surface area contributed by atoms with E-state index >= 15 is 0 Å². The van der Waals surface area contributed by atoms with E-state index in [1.54, 1.807) is 13.2 Å². The van der Waals surface area contributed by atoms with Gasteiger partial charge in [0, 0.05) is 13.0 Å². The molecule has 1 amide bonds. The molecule has 2 aromatic rings. The number of methoxy groups -OCH3 is 2. The highest BCUT2D eigenvalue weighted by molar-refractivity contribution is 8.26. The number of esters is 1. The number of thiocarbonyl (C=S) groups is 1. The molecule has 0 spiro atoms. The molecule has 1 aliphatic rings. The molecule has 0 saturated carbocycles. The fourth-order valence-electron chi connectivity index (χ4n) is 3.07. The summed E-state index contributed by atoms with van der Waals surface area (Å²) < 4.78 is 16.5. The van der Waals surface area contributed by atoms with Gasteiger partial charge in [-0.05, 0) is 42.7 Å². The van der Waals surface area contributed by atoms with Gasteiger partial charge in [-0.1, -0.05) is 59.9 Å². The first-order chi connectivity index (χ1) is 15.4. The van der Waals surface area contributed by atoms with Gasteiger partial charge in [0.25, 0.3) is 5.91 Å². The first-order valence-electron chi connectivity index (χ1n) is 10.1. The lowest BCUT2D eigenvalue weighted by Gasteiger charge is -2.13. The number of rotatable bonds is 9. The normalized spacial score (nSPS) is 14.7. The zero-order valence-corrected chi connectivity index (χ0v) is 19.9. The Kier molecular flexibility index (Phi) is 8.30. The summed E-state index contributed by atoms with van der Waals surface area (Å²) in [6, 6.07) is 13.7. The molecule has 1 aliphatic heterocycles. The van der Waals surface area contributed by atoms with Crippen LogP contribution in [0, 0.1) is 6.92 Å². The highest BCUT2D eigenvalue weighted by Gasteiger charge is 2.31. The monoisotopic (exact) mass is 471 g/mol. The molecule has 6 nitrogen and oxygen atoms in total. The largest absolute Gasteiger partial charge is 0.493 e. The second-order valence-electron chi connectivity index (χ2n) is 7.20. The highest BCUT2D eigenvalue weighted by atomic mass is 32.2. The van der Waals surface area contributed by atoms with Crippen molar-refractivity contribution in [3.05, 3.63) is 64.1 Å². The molecule has 2 aromatic carbocycles. The summed E-state index contributed by atoms with van der Waals surface area (Å²) >= 11 is 6.59. The van der Waals surface area contributed by atoms with Crippen molar-refractivity contribution in [3.8, 4) is 11.5 Å². The van der Waals surface area contributed by atoms with Crippen molar-refractivity contribution in [2.75, 3.05) is 20.8 Å². The Balaban J connectivity index is 1.67. The van der Waals surface area contributed by atoms with Crippen molar-refractivity contribution >= 4 is 46.3 Å². The number of amides is 1. The van der Waals surface area contributed by atoms with Crippen molar-refractivity contribution in [2.45, 2.75) is 26.4 Å². The van der Waals surface area contributed by atoms with Gasteiger partial charge < -0.3 is 14.2 Å². The van der Waals surface area contributed by atoms with E-state index in [1.807, 2.05) is 49.4 Å². The van der Waals surface area contributed by atoms with E-state index in [9.17, 15) is 9.59 Å². The van der Waals surface area contributed by atoms with Crippen molar-refractivity contribution in [2.24, 2.45) is 0 Å². The van der Waals surface area contributed by atoms with E-state index in [4.69, 9.17) is 21.7 Å². The van der Waals surface area contributed by atoms with Crippen LogP contribution in [0.25, 0.3) is 6.08 Å². The molecule has 0 radical (unpaired) electrons. The molecular weight excluding hydrogens is 446 g/mol. The number of carbonyl (C=O) groups excluding carboxylic acids is 2. The zero-order chi connectivity index (χ0) is 23.1. The quantitative estimate of drug-likeness (QED) is 0.297. The molecule has 8 heteroatoms. The van der Waals surface area contributed by atoms with Crippen LogP contribution in [0.3, 0.4) is 0 Å². The molecule has 32 heavy (non-hydrogen) atoms. The molecule has 0 aromatic heterocycles. The molecule has 1 fully saturated rings. The molecule has 0 atom stereocenters. The van der Waals surface area contributed by atoms with E-state index < -0.39 is 0 Å². The van der Waals surface area contributed by atoms with Gasteiger partial charge in [0.1, 0.15) is 10.9 Å². The number of nitrogens with zero attached hydrogens (tertiary/aromatic N) is 1. The maximum Gasteiger partial charge on any atom is 0.305 e. The summed E-state index contributed by atoms with van der Waals surface area (Å²) in [6.07, 6.45) is 2.52. The standard InChI is InChI=1S/C24H25NO5S2/c1-16-6-8-17(9-7-16)15-30-19-11-10-18(13-20(19)28-2)14-21-23(27)25(24(31)32-21)12-4-5-22(26)29-3/h6-11,13-14H,4-5,12,15H2,1-3H3/b21-14-. The molecule has 3 rings (SSSR count). The summed E-state index contributed by atoms with van der Waals surface area (Å²) in [5, 5.41) is 0. The second kappa shape index (κ2) is 11.2. The minimum Gasteiger partial charge on any atom is -0.493 e. The molecule has 0 bridgehead atoms. The Bertz CT molecular complexity index is 1030. The van der Waals surface area contributed by atoms with Crippen LogP contribution < -0.4 is 9.47 Å². The van der Waals surface area contributed by atoms with Crippen LogP contribution in [-0.4, -0.2) is 41.9 Å². The fourth-order valence-corrected chi connectivity index (χ4v) is 4.37. The Morgan fingerprint density at radius 2 is 1.88 bits per heavy atom. The first-order valence-corrected chi connectivity index (χ1v) is 11.3. The smallest absolute Gasteiger partial charge is 0.305 e. The van der Waals surface area contributed by atoms with Gasteiger partial charge in [-0.15, -0.1) is 0 Å². The maximum absolute atomic E-state index is 12.7. The van der Waals surface area contributed by atoms with Crippen LogP contribution in [0.2, 0.25) is 0 Å². The minimum atomic E-state index is -0.303. The van der Waals surface area contributed by atoms with E-state index in [2.05, 4.69) is 4.74 Å². The van der Waals surface area contributed by atoms with Crippen LogP contribution in [0.15, 0.2) is 47.4 Å². The van der Waals surface area contributed by atoms with Gasteiger partial charge >= 0.3 is 5.97 Å². The van der Waals surface area contributed by atoms with Crippen molar-refractivity contribution in [3.63, 3.8) is 0 Å². The third-order valence-electron chi connectivity index (χ3n) is 4.86. The number of aryl methyl sites for hydroxylation is 1. The number of benzene rings is 2. The zero-order valence-electron chi connectivity index (χ0n) is 18.3. The molecule has 1 heterocycles. The van der Waals surface area contributed by atoms with Gasteiger partial charge in [-0.25, -0.2) is 0 Å². The van der Waals surface area contributed by atoms with Gasteiger partial charge in [0.2, 0.25) is 0 Å². The number of carbonyl (C=O) groups is 2. The first kappa shape index (κ1) is 23.8. The lowest BCUT2D eigenvalue weighted by Crippen LogP contribution is -2.29. The molecular formula is C24H25NO5S2. The van der Waals surface area contributed by atoms with Crippen LogP contribution >= 0.6 is 24.0 Å². The number of thioether (sulfide) groups is 1. The van der Waals surface area contributed by atoms with Gasteiger partial charge in [-0.2, -0.15) is 0 Å². The van der Waals surface area contributed by atoms with E-state index in [1.165, 1.54) is 29.3 Å². The summed E-state index contributed by atoms with van der Waals surface area (Å²) in [6.45, 7) is 2.86. The average Bonchev–Trinajstić information content (AvgIpc) is 3.06. The Morgan fingerprint density at radius 1 is 1.12 bits per heavy atom. The predicted octanol–water partition coefficient (Wildman–Crippen LogP) is 4.74. The van der Waals surface area contributed by atoms with Gasteiger partial charge in [-0.3, -0.25) is 14.5 Å². The molecule has 1 saturated heterocycles. The predicted molar refractivity (Wildman–Crippen MR) is 130 cm³/mol. The topological polar surface area (TPSA) is 65.1 Å². The summed E-state index contributed by atoms with van der Waals surface area (Å²) in [7, 11) is 2.93. The lowest BCUT2D eigenvalue weighted by molar-refractivity contribution is -0.141. The SMILES string of the molecule is COC(=O)CCCN1C(=O)/C(=C/c2ccc(OCc3ccc(C)cc3)c(OC)c2)SC1=S. The van der Waals surface area contributed by atoms with Gasteiger partial charge in [0.05, 0.1) is 19.1 Å². The molecule has 168 valence electrons. The number of hydrogen-bond donors (Lipinski definition) is 0. The maximum atomic E-state index is 12.7. The Hall–Kier alpha value is -2.84. The molecule has 0 aliphatic carbocycles. The van der Waals surface area contributed by atoms with Crippen LogP contribution in [0.4, 0.5) is 0 Å². The van der Waals surface area contributed by atoms with Crippen molar-refractivity contribution in [1.29, 1.82) is 0 Å². The van der Waals surface area contributed by atoms with Crippen LogP contribution in [0.5, 0.6) is 11.5 Å². The third kappa shape index (κ3) is 6.11. The van der Waals surface area contributed by atoms with Crippen molar-refractivity contribution in [1.82, 2.24) is 4.90 Å². The number of ether oxygens (including phenoxy) is 3. The molecule has 0 N–H and O–H groups in total. The Morgan fingerprint density at radius 3 is 2.56 bits per heavy atom. The minimum absolute atomic E-state index is 0.163.